The summed E-state index contributed by atoms with van der Waals surface area (Å²) in [4.78, 5) is 21.7. The second kappa shape index (κ2) is 13.9. The van der Waals surface area contributed by atoms with E-state index in [-0.39, 0.29) is 18.7 Å². The van der Waals surface area contributed by atoms with Crippen LogP contribution in [-0.4, -0.2) is 82.0 Å². The highest BCUT2D eigenvalue weighted by molar-refractivity contribution is 9.10. The number of fused-ring (bicyclic) bond motifs is 3. The number of nitriles is 1. The van der Waals surface area contributed by atoms with Crippen molar-refractivity contribution in [2.45, 2.75) is 37.0 Å². The number of likely N-dealkylation sites (N-methyl/N-ethyl adjacent to an activating group) is 1. The predicted octanol–water partition coefficient (Wildman–Crippen LogP) is 5.15. The molecule has 2 aromatic carbocycles. The Hall–Kier alpha value is -4.11. The zero-order chi connectivity index (χ0) is 32.2. The first-order chi connectivity index (χ1) is 21.7. The molecule has 4 atom stereocenters. The molecule has 2 aliphatic heterocycles. The van der Waals surface area contributed by atoms with Crippen LogP contribution in [-0.2, 0) is 22.4 Å². The summed E-state index contributed by atoms with van der Waals surface area (Å²) >= 11 is 3.37. The maximum atomic E-state index is 13.0. The van der Waals surface area contributed by atoms with E-state index in [4.69, 9.17) is 23.7 Å². The normalized spacial score (nSPS) is 20.8. The number of pyridine rings is 1. The van der Waals surface area contributed by atoms with Gasteiger partial charge in [0.2, 0.25) is 0 Å². The summed E-state index contributed by atoms with van der Waals surface area (Å²) in [6.45, 7) is 0.0250. The molecular formula is C34H37BrN4O6. The summed E-state index contributed by atoms with van der Waals surface area (Å²) < 4.78 is 29.4. The van der Waals surface area contributed by atoms with Gasteiger partial charge in [0.05, 0.1) is 52.3 Å². The van der Waals surface area contributed by atoms with Crippen LogP contribution < -0.4 is 18.9 Å². The number of hydrogen-bond acceptors (Lipinski definition) is 10. The molecule has 11 heteroatoms. The zero-order valence-electron chi connectivity index (χ0n) is 26.2. The van der Waals surface area contributed by atoms with E-state index < -0.39 is 18.1 Å². The summed E-state index contributed by atoms with van der Waals surface area (Å²) in [7, 11) is 10.5. The van der Waals surface area contributed by atoms with E-state index in [1.165, 1.54) is 6.08 Å². The van der Waals surface area contributed by atoms with Gasteiger partial charge in [0, 0.05) is 29.2 Å². The molecule has 2 aliphatic rings. The molecule has 3 heterocycles. The van der Waals surface area contributed by atoms with Crippen LogP contribution in [0.1, 0.15) is 40.0 Å². The van der Waals surface area contributed by atoms with Gasteiger partial charge in [-0.25, -0.2) is 4.79 Å². The molecule has 0 N–H and O–H groups in total. The lowest BCUT2D eigenvalue weighted by atomic mass is 9.82. The number of esters is 1. The Morgan fingerprint density at radius 2 is 1.58 bits per heavy atom. The standard InChI is InChI=1S/C34H37BrN4O6/c1-38(2)34-26-16-32(44-6)29(41-3)13-20(26)11-24(17-36)39-27(34)12-21-14-30(42-4)31(43-5)15-25(21)28(39)19-45-33(40)10-9-23-8-7-22(35)18-37-23/h7-10,13-16,18,24,27-28,34H,11-12,19H2,1-6H3/b10-9+/t24-,27-,28?,34+/m0/s1. The third-order valence-corrected chi connectivity index (χ3v) is 8.98. The maximum absolute atomic E-state index is 13.0. The topological polar surface area (TPSA) is 106 Å². The van der Waals surface area contributed by atoms with Gasteiger partial charge in [0.25, 0.3) is 0 Å². The van der Waals surface area contributed by atoms with Gasteiger partial charge in [-0.15, -0.1) is 0 Å². The molecule has 0 saturated carbocycles. The van der Waals surface area contributed by atoms with Crippen molar-refractivity contribution in [3.63, 3.8) is 0 Å². The van der Waals surface area contributed by atoms with E-state index in [2.05, 4.69) is 36.8 Å². The largest absolute Gasteiger partial charge is 0.493 e. The highest BCUT2D eigenvalue weighted by atomic mass is 79.9. The number of carbonyl (C=O) groups excluding carboxylic acids is 1. The van der Waals surface area contributed by atoms with E-state index in [9.17, 15) is 10.1 Å². The summed E-state index contributed by atoms with van der Waals surface area (Å²) in [5.41, 5.74) is 4.66. The van der Waals surface area contributed by atoms with E-state index in [1.54, 1.807) is 46.8 Å². The van der Waals surface area contributed by atoms with Gasteiger partial charge in [-0.05, 0) is 101 Å². The minimum absolute atomic E-state index is 0.0250. The second-order valence-corrected chi connectivity index (χ2v) is 12.1. The molecule has 0 radical (unpaired) electrons. The average molecular weight is 678 g/mol. The number of nitrogens with zero attached hydrogens (tertiary/aromatic N) is 4. The maximum Gasteiger partial charge on any atom is 0.330 e. The monoisotopic (exact) mass is 676 g/mol. The number of methoxy groups -OCH3 is 4. The number of halogens is 1. The first kappa shape index (κ1) is 32.3. The highest BCUT2D eigenvalue weighted by Crippen LogP contribution is 2.48. The number of ether oxygens (including phenoxy) is 5. The first-order valence-corrected chi connectivity index (χ1v) is 15.3. The Kier molecular flexibility index (Phi) is 9.97. The van der Waals surface area contributed by atoms with Crippen molar-refractivity contribution in [1.29, 1.82) is 5.26 Å². The van der Waals surface area contributed by atoms with Crippen LogP contribution in [0, 0.1) is 11.3 Å². The molecule has 236 valence electrons. The van der Waals surface area contributed by atoms with Gasteiger partial charge in [0.1, 0.15) is 12.6 Å². The van der Waals surface area contributed by atoms with Crippen LogP contribution in [0.3, 0.4) is 0 Å². The number of rotatable bonds is 9. The molecule has 10 nitrogen and oxygen atoms in total. The van der Waals surface area contributed by atoms with Crippen LogP contribution in [0.15, 0.2) is 53.1 Å². The van der Waals surface area contributed by atoms with Crippen LogP contribution in [0.4, 0.5) is 0 Å². The molecule has 0 saturated heterocycles. The minimum Gasteiger partial charge on any atom is -0.493 e. The molecule has 0 bridgehead atoms. The van der Waals surface area contributed by atoms with Gasteiger partial charge < -0.3 is 28.6 Å². The Balaban J connectivity index is 1.59. The number of carbonyl (C=O) groups is 1. The number of benzene rings is 2. The Morgan fingerprint density at radius 1 is 0.978 bits per heavy atom. The van der Waals surface area contributed by atoms with Crippen molar-refractivity contribution in [2.75, 3.05) is 49.1 Å². The van der Waals surface area contributed by atoms with Crippen molar-refractivity contribution in [2.24, 2.45) is 0 Å². The van der Waals surface area contributed by atoms with Crippen molar-refractivity contribution >= 4 is 28.0 Å². The van der Waals surface area contributed by atoms with E-state index >= 15 is 0 Å². The van der Waals surface area contributed by atoms with Crippen molar-refractivity contribution in [3.8, 4) is 29.1 Å². The predicted molar refractivity (Wildman–Crippen MR) is 173 cm³/mol. The smallest absolute Gasteiger partial charge is 0.330 e. The van der Waals surface area contributed by atoms with Gasteiger partial charge in [-0.2, -0.15) is 5.26 Å². The van der Waals surface area contributed by atoms with Crippen molar-refractivity contribution < 1.29 is 28.5 Å². The van der Waals surface area contributed by atoms with E-state index in [0.29, 0.717) is 41.5 Å². The molecule has 1 aromatic heterocycles. The van der Waals surface area contributed by atoms with E-state index in [0.717, 1.165) is 26.7 Å². The fourth-order valence-electron chi connectivity index (χ4n) is 6.54. The highest BCUT2D eigenvalue weighted by Gasteiger charge is 2.47. The van der Waals surface area contributed by atoms with Crippen LogP contribution >= 0.6 is 15.9 Å². The lowest BCUT2D eigenvalue weighted by Gasteiger charge is -2.48. The van der Waals surface area contributed by atoms with Crippen molar-refractivity contribution in [3.05, 3.63) is 81.1 Å². The van der Waals surface area contributed by atoms with Crippen LogP contribution in [0.25, 0.3) is 6.08 Å². The number of aromatic nitrogens is 1. The molecule has 3 aromatic rings. The third kappa shape index (κ3) is 6.50. The van der Waals surface area contributed by atoms with Crippen molar-refractivity contribution in [1.82, 2.24) is 14.8 Å². The fraction of sp³-hybridized carbons (Fsp3) is 0.382. The van der Waals surface area contributed by atoms with Crippen LogP contribution in [0.2, 0.25) is 0 Å². The third-order valence-electron chi connectivity index (χ3n) is 8.51. The lowest BCUT2D eigenvalue weighted by Crippen LogP contribution is -2.54. The van der Waals surface area contributed by atoms with Gasteiger partial charge in [0.15, 0.2) is 23.0 Å². The van der Waals surface area contributed by atoms with Gasteiger partial charge in [-0.3, -0.25) is 9.88 Å². The molecule has 0 spiro atoms. The average Bonchev–Trinajstić information content (AvgIpc) is 3.18. The fourth-order valence-corrected chi connectivity index (χ4v) is 6.77. The first-order valence-electron chi connectivity index (χ1n) is 14.5. The van der Waals surface area contributed by atoms with E-state index in [1.807, 2.05) is 44.4 Å². The Labute approximate surface area is 272 Å². The molecule has 0 amide bonds. The quantitative estimate of drug-likeness (QED) is 0.223. The number of hydrogen-bond donors (Lipinski definition) is 0. The second-order valence-electron chi connectivity index (χ2n) is 11.2. The van der Waals surface area contributed by atoms with Crippen LogP contribution in [0.5, 0.6) is 23.0 Å². The SMILES string of the molecule is COc1cc2c(cc1OC)C(COC(=O)/C=C/c1ccc(Br)cn1)N1[C@H](C#N)Cc3cc(OC)c(OC)cc3[C@@H](N(C)C)[C@@H]1C2. The molecule has 45 heavy (non-hydrogen) atoms. The lowest BCUT2D eigenvalue weighted by molar-refractivity contribution is -0.140. The summed E-state index contributed by atoms with van der Waals surface area (Å²) in [5.74, 6) is 1.92. The summed E-state index contributed by atoms with van der Waals surface area (Å²) in [5, 5.41) is 10.7. The van der Waals surface area contributed by atoms with Gasteiger partial charge >= 0.3 is 5.97 Å². The molecule has 1 unspecified atom stereocenters. The Bertz CT molecular complexity index is 1620. The molecule has 5 rings (SSSR count). The zero-order valence-corrected chi connectivity index (χ0v) is 27.8. The summed E-state index contributed by atoms with van der Waals surface area (Å²) in [6, 6.07) is 12.9. The Morgan fingerprint density at radius 3 is 2.13 bits per heavy atom. The van der Waals surface area contributed by atoms with Gasteiger partial charge in [-0.1, -0.05) is 0 Å². The molecule has 0 aliphatic carbocycles. The molecule has 0 fully saturated rings. The summed E-state index contributed by atoms with van der Waals surface area (Å²) in [6.07, 6.45) is 5.73. The molecular weight excluding hydrogens is 640 g/mol. The minimum atomic E-state index is -0.524.